The van der Waals surface area contributed by atoms with Crippen LogP contribution in [0.5, 0.6) is 0 Å². The van der Waals surface area contributed by atoms with E-state index in [1.807, 2.05) is 55.4 Å². The number of hydrogen-bond acceptors (Lipinski definition) is 19. The summed E-state index contributed by atoms with van der Waals surface area (Å²) in [5.41, 5.74) is 54.0. The van der Waals surface area contributed by atoms with Gasteiger partial charge in [-0.1, -0.05) is 55.4 Å². The summed E-state index contributed by atoms with van der Waals surface area (Å²) in [6.45, 7) is 15.3. The van der Waals surface area contributed by atoms with E-state index in [1.54, 1.807) is 0 Å². The Morgan fingerprint density at radius 1 is 0.509 bits per heavy atom. The monoisotopic (exact) mass is 816 g/mol. The second-order valence-electron chi connectivity index (χ2n) is 4.73. The first-order chi connectivity index (χ1) is 26.9. The van der Waals surface area contributed by atoms with Crippen LogP contribution in [0.2, 0.25) is 0 Å². The average Bonchev–Trinajstić information content (AvgIpc) is 3.83. The molecule has 0 bridgehead atoms. The van der Waals surface area contributed by atoms with Crippen LogP contribution in [0.1, 0.15) is 74.7 Å². The van der Waals surface area contributed by atoms with Crippen molar-refractivity contribution in [3.05, 3.63) is 12.2 Å². The zero-order chi connectivity index (χ0) is 49.0. The maximum Gasteiger partial charge on any atom is 0.352 e. The first kappa shape index (κ1) is 98.6. The lowest BCUT2D eigenvalue weighted by molar-refractivity contribution is -0.196. The summed E-state index contributed by atoms with van der Waals surface area (Å²) in [5, 5.41) is 2.58. The van der Waals surface area contributed by atoms with Gasteiger partial charge in [0.05, 0.1) is 0 Å². The molecule has 25 N–H and O–H groups in total. The summed E-state index contributed by atoms with van der Waals surface area (Å²) >= 11 is 0. The molecule has 0 aromatic rings. The molecule has 0 aromatic heterocycles. The second kappa shape index (κ2) is 142. The first-order valence-electron chi connectivity index (χ1n) is 17.7. The molecule has 0 atom stereocenters. The number of hydroxylamine groups is 2. The van der Waals surface area contributed by atoms with Crippen LogP contribution in [0.3, 0.4) is 0 Å². The minimum absolute atomic E-state index is 0.0234. The molecule has 22 heteroatoms. The van der Waals surface area contributed by atoms with Crippen molar-refractivity contribution >= 4 is 35.5 Å². The molecule has 5 amide bonds. The van der Waals surface area contributed by atoms with E-state index in [0.29, 0.717) is 5.06 Å². The number of carbonyl (C=O) groups is 6. The van der Waals surface area contributed by atoms with Crippen LogP contribution in [-0.4, -0.2) is 143 Å². The summed E-state index contributed by atoms with van der Waals surface area (Å²) in [7, 11) is 18.0. The van der Waals surface area contributed by atoms with E-state index < -0.39 is 42.0 Å². The standard InChI is InChI=1S/C13H13N3O7.4C2H6.12CH5N/c17-8(5-6-15-9(18)1-2-10(15)19)14-7-13(22)23-16-11(20)3-4-12(16)21;16*1-2/h1-2H,3-7H2,(H,14,17);4*1-2H3;12*2H2,1H3. The van der Waals surface area contributed by atoms with E-state index in [-0.39, 0.29) is 25.8 Å². The molecule has 22 nitrogen and oxygen atoms in total. The fraction of sp³-hybridized carbons (Fsp3) is 0.758. The molecule has 0 radical (unpaired) electrons. The summed E-state index contributed by atoms with van der Waals surface area (Å²) in [6, 6.07) is 0. The molecule has 0 saturated carbocycles. The van der Waals surface area contributed by atoms with E-state index in [2.05, 4.69) is 79.0 Å². The van der Waals surface area contributed by atoms with Gasteiger partial charge in [-0.25, -0.2) is 4.79 Å². The van der Waals surface area contributed by atoms with E-state index in [0.717, 1.165) is 17.1 Å². The van der Waals surface area contributed by atoms with Crippen LogP contribution >= 0.6 is 0 Å². The van der Waals surface area contributed by atoms with Gasteiger partial charge < -0.3 is 79.0 Å². The zero-order valence-electron chi connectivity index (χ0n) is 38.9. The third kappa shape index (κ3) is 89.2. The quantitative estimate of drug-likeness (QED) is 0.119. The molecule has 2 heterocycles. The zero-order valence-corrected chi connectivity index (χ0v) is 38.9. The van der Waals surface area contributed by atoms with Gasteiger partial charge in [-0.15, -0.1) is 5.06 Å². The maximum absolute atomic E-state index is 11.5. The largest absolute Gasteiger partial charge is 0.352 e. The van der Waals surface area contributed by atoms with Crippen molar-refractivity contribution in [2.45, 2.75) is 74.7 Å². The Morgan fingerprint density at radius 3 is 0.982 bits per heavy atom. The molecule has 346 valence electrons. The highest BCUT2D eigenvalue weighted by Gasteiger charge is 2.32. The SMILES string of the molecule is CC.CC.CC.CC.CN.CN.CN.CN.CN.CN.CN.CN.CN.CN.CN.CN.O=C(CCN1C(=O)C=CC1=O)NCC(=O)ON1C(=O)CCC1=O. The summed E-state index contributed by atoms with van der Waals surface area (Å²) < 4.78 is 0. The van der Waals surface area contributed by atoms with Crippen molar-refractivity contribution in [1.82, 2.24) is 15.3 Å². The van der Waals surface area contributed by atoms with Gasteiger partial charge in [0.1, 0.15) is 6.54 Å². The van der Waals surface area contributed by atoms with Gasteiger partial charge >= 0.3 is 5.97 Å². The molecule has 1 saturated heterocycles. The van der Waals surface area contributed by atoms with E-state index >= 15 is 0 Å². The summed E-state index contributed by atoms with van der Waals surface area (Å²) in [4.78, 5) is 73.4. The number of hydrogen-bond donors (Lipinski definition) is 13. The number of nitrogens with zero attached hydrogens (tertiary/aromatic N) is 2. The van der Waals surface area contributed by atoms with Crippen molar-refractivity contribution < 1.29 is 33.6 Å². The van der Waals surface area contributed by atoms with Crippen molar-refractivity contribution in [3.8, 4) is 0 Å². The Labute approximate surface area is 337 Å². The molecule has 2 aliphatic rings. The average molecular weight is 816 g/mol. The molecule has 2 rings (SSSR count). The fourth-order valence-corrected chi connectivity index (χ4v) is 1.92. The molecule has 0 aliphatic carbocycles. The van der Waals surface area contributed by atoms with Gasteiger partial charge in [-0.3, -0.25) is 28.9 Å². The Hall–Kier alpha value is -3.52. The highest BCUT2D eigenvalue weighted by Crippen LogP contribution is 2.11. The summed E-state index contributed by atoms with van der Waals surface area (Å²) in [5.74, 6) is -3.81. The lowest BCUT2D eigenvalue weighted by Gasteiger charge is -2.14. The van der Waals surface area contributed by atoms with Crippen LogP contribution in [0, 0.1) is 0 Å². The minimum Gasteiger partial charge on any atom is -0.345 e. The third-order valence-corrected chi connectivity index (χ3v) is 3.09. The molecule has 2 aliphatic heterocycles. The molecular formula is C33H97N15O7. The topological polar surface area (TPSA) is 442 Å². The Bertz CT molecular complexity index is 633. The Balaban J connectivity index is -0.0000000324. The predicted molar refractivity (Wildman–Crippen MR) is 237 cm³/mol. The fourth-order valence-electron chi connectivity index (χ4n) is 1.92. The van der Waals surface area contributed by atoms with Gasteiger partial charge in [0.2, 0.25) is 5.91 Å². The lowest BCUT2D eigenvalue weighted by atomic mass is 10.3. The number of rotatable bonds is 6. The lowest BCUT2D eigenvalue weighted by Crippen LogP contribution is -2.39. The van der Waals surface area contributed by atoms with Crippen LogP contribution in [-0.2, 0) is 33.6 Å². The second-order valence-corrected chi connectivity index (χ2v) is 4.73. The Kier molecular flexibility index (Phi) is 255. The minimum atomic E-state index is -0.975. The number of imide groups is 2. The van der Waals surface area contributed by atoms with Crippen LogP contribution in [0.4, 0.5) is 0 Å². The van der Waals surface area contributed by atoms with E-state index in [1.165, 1.54) is 84.6 Å². The smallest absolute Gasteiger partial charge is 0.345 e. The molecule has 55 heavy (non-hydrogen) atoms. The van der Waals surface area contributed by atoms with Crippen LogP contribution in [0.25, 0.3) is 0 Å². The normalized spacial score (nSPS) is 8.95. The summed E-state index contributed by atoms with van der Waals surface area (Å²) in [6.07, 6.45) is 1.96. The molecule has 0 aromatic carbocycles. The van der Waals surface area contributed by atoms with Crippen molar-refractivity contribution in [2.24, 2.45) is 68.8 Å². The molecule has 1 fully saturated rings. The number of nitrogens with one attached hydrogen (secondary N) is 1. The number of nitrogens with two attached hydrogens (primary N) is 12. The predicted octanol–water partition coefficient (Wildman–Crippen LogP) is -2.97. The highest BCUT2D eigenvalue weighted by atomic mass is 16.7. The van der Waals surface area contributed by atoms with E-state index in [4.69, 9.17) is 0 Å². The van der Waals surface area contributed by atoms with Gasteiger partial charge in [-0.05, 0) is 84.6 Å². The molecular weight excluding hydrogens is 718 g/mol. The number of amides is 5. The van der Waals surface area contributed by atoms with Crippen LogP contribution in [0.15, 0.2) is 12.2 Å². The van der Waals surface area contributed by atoms with Gasteiger partial charge in [0.15, 0.2) is 0 Å². The van der Waals surface area contributed by atoms with Gasteiger partial charge in [-0.2, -0.15) is 0 Å². The molecule has 0 unspecified atom stereocenters. The Morgan fingerprint density at radius 2 is 0.745 bits per heavy atom. The number of carbonyl (C=O) groups excluding carboxylic acids is 6. The molecule has 0 spiro atoms. The van der Waals surface area contributed by atoms with Crippen molar-refractivity contribution in [2.75, 3.05) is 97.7 Å². The van der Waals surface area contributed by atoms with Crippen molar-refractivity contribution in [1.29, 1.82) is 0 Å². The third-order valence-electron chi connectivity index (χ3n) is 3.09. The first-order valence-corrected chi connectivity index (χ1v) is 17.7. The van der Waals surface area contributed by atoms with Gasteiger partial charge in [0.25, 0.3) is 23.6 Å². The maximum atomic E-state index is 11.5. The van der Waals surface area contributed by atoms with Crippen LogP contribution < -0.4 is 74.1 Å². The van der Waals surface area contributed by atoms with Crippen molar-refractivity contribution in [3.63, 3.8) is 0 Å². The van der Waals surface area contributed by atoms with Gasteiger partial charge in [0, 0.05) is 38.0 Å². The highest BCUT2D eigenvalue weighted by molar-refractivity contribution is 6.13. The van der Waals surface area contributed by atoms with E-state index in [9.17, 15) is 28.8 Å².